The average molecular weight is 277 g/mol. The molecule has 0 aromatic carbocycles. The van der Waals surface area contributed by atoms with Crippen LogP contribution in [-0.2, 0) is 13.1 Å². The Morgan fingerprint density at radius 2 is 1.85 bits per heavy atom. The second-order valence-corrected chi connectivity index (χ2v) is 4.23. The summed E-state index contributed by atoms with van der Waals surface area (Å²) in [6, 6.07) is 1.47. The number of nitrogens with zero attached hydrogens (tertiary/aromatic N) is 3. The van der Waals surface area contributed by atoms with E-state index in [2.05, 4.69) is 35.8 Å². The van der Waals surface area contributed by atoms with E-state index in [0.29, 0.717) is 11.6 Å². The number of rotatable bonds is 4. The quantitative estimate of drug-likeness (QED) is 0.599. The van der Waals surface area contributed by atoms with Crippen LogP contribution in [0.4, 0.5) is 4.79 Å². The Morgan fingerprint density at radius 1 is 1.20 bits per heavy atom. The Labute approximate surface area is 114 Å². The van der Waals surface area contributed by atoms with Crippen molar-refractivity contribution in [2.75, 3.05) is 0 Å². The molecule has 0 atom stereocenters. The van der Waals surface area contributed by atoms with Gasteiger partial charge in [-0.1, -0.05) is 0 Å². The van der Waals surface area contributed by atoms with Crippen LogP contribution in [0, 0.1) is 13.8 Å². The summed E-state index contributed by atoms with van der Waals surface area (Å²) in [5, 5.41) is 11.1. The second-order valence-electron chi connectivity index (χ2n) is 4.23. The monoisotopic (exact) mass is 277 g/mol. The zero-order valence-electron chi connectivity index (χ0n) is 11.1. The van der Waals surface area contributed by atoms with E-state index >= 15 is 0 Å². The first-order chi connectivity index (χ1) is 9.52. The molecule has 2 aromatic rings. The Kier molecular flexibility index (Phi) is 4.08. The molecule has 0 saturated carbocycles. The molecule has 20 heavy (non-hydrogen) atoms. The molecule has 2 aromatic heterocycles. The van der Waals surface area contributed by atoms with Gasteiger partial charge < -0.3 is 10.6 Å². The summed E-state index contributed by atoms with van der Waals surface area (Å²) in [5.74, 6) is 0.902. The average Bonchev–Trinajstić information content (AvgIpc) is 2.79. The van der Waals surface area contributed by atoms with Crippen molar-refractivity contribution in [2.45, 2.75) is 26.9 Å². The molecule has 0 radical (unpaired) electrons. The van der Waals surface area contributed by atoms with E-state index in [4.69, 9.17) is 0 Å². The molecule has 2 rings (SSSR count). The Hall–Kier alpha value is -2.71. The van der Waals surface area contributed by atoms with Crippen LogP contribution in [0.1, 0.15) is 23.0 Å². The van der Waals surface area contributed by atoms with E-state index in [1.165, 1.54) is 0 Å². The lowest BCUT2D eigenvalue weighted by molar-refractivity contribution is 0.239. The van der Waals surface area contributed by atoms with Gasteiger partial charge in [-0.2, -0.15) is 5.10 Å². The summed E-state index contributed by atoms with van der Waals surface area (Å²) in [7, 11) is 0. The first-order valence-electron chi connectivity index (χ1n) is 5.99. The number of nitrogens with one attached hydrogen (secondary N) is 4. The van der Waals surface area contributed by atoms with Gasteiger partial charge in [0.25, 0.3) is 0 Å². The number of carbonyl (C=O) groups is 1. The minimum Gasteiger partial charge on any atom is -0.331 e. The fraction of sp³-hybridized carbons (Fsp3) is 0.364. The van der Waals surface area contributed by atoms with Crippen molar-refractivity contribution in [3.8, 4) is 0 Å². The molecule has 0 aliphatic heterocycles. The summed E-state index contributed by atoms with van der Waals surface area (Å²) < 4.78 is 0. The summed E-state index contributed by atoms with van der Waals surface area (Å²) >= 11 is 0. The van der Waals surface area contributed by atoms with Gasteiger partial charge in [-0.3, -0.25) is 4.98 Å². The maximum absolute atomic E-state index is 11.6. The SMILES string of the molecule is Cc1cc(C)nc(CNC(=O)NCc2n[nH]c(=O)[nH]2)n1. The van der Waals surface area contributed by atoms with Crippen LogP contribution < -0.4 is 16.3 Å². The van der Waals surface area contributed by atoms with Crippen molar-refractivity contribution in [2.24, 2.45) is 0 Å². The minimum atomic E-state index is -0.411. The fourth-order valence-corrected chi connectivity index (χ4v) is 1.65. The minimum absolute atomic E-state index is 0.123. The van der Waals surface area contributed by atoms with E-state index < -0.39 is 11.7 Å². The normalized spacial score (nSPS) is 10.3. The third-order valence-electron chi connectivity index (χ3n) is 2.40. The van der Waals surface area contributed by atoms with Crippen LogP contribution in [0.15, 0.2) is 10.9 Å². The fourth-order valence-electron chi connectivity index (χ4n) is 1.65. The van der Waals surface area contributed by atoms with Gasteiger partial charge in [0.05, 0.1) is 13.1 Å². The summed E-state index contributed by atoms with van der Waals surface area (Å²) in [5.41, 5.74) is 1.29. The highest BCUT2D eigenvalue weighted by molar-refractivity contribution is 5.73. The third kappa shape index (κ3) is 3.90. The molecule has 2 heterocycles. The topological polar surface area (TPSA) is 128 Å². The molecule has 0 unspecified atom stereocenters. The first-order valence-corrected chi connectivity index (χ1v) is 5.99. The number of carbonyl (C=O) groups excluding carboxylic acids is 1. The standard InChI is InChI=1S/C11H15N7O2/c1-6-3-7(2)15-8(14-6)4-12-10(19)13-5-9-16-11(20)18-17-9/h3H,4-5H2,1-2H3,(H2,12,13,19)(H2,16,17,18,20). The van der Waals surface area contributed by atoms with Gasteiger partial charge in [0.1, 0.15) is 11.6 Å². The molecular formula is C11H15N7O2. The van der Waals surface area contributed by atoms with E-state index in [-0.39, 0.29) is 13.1 Å². The summed E-state index contributed by atoms with van der Waals surface area (Å²) in [6.07, 6.45) is 0. The van der Waals surface area contributed by atoms with Crippen LogP contribution in [0.2, 0.25) is 0 Å². The van der Waals surface area contributed by atoms with Crippen molar-refractivity contribution in [1.82, 2.24) is 35.8 Å². The number of hydrogen-bond donors (Lipinski definition) is 4. The molecule has 9 heteroatoms. The smallest absolute Gasteiger partial charge is 0.331 e. The van der Waals surface area contributed by atoms with Crippen LogP contribution in [0.3, 0.4) is 0 Å². The molecule has 0 bridgehead atoms. The predicted molar refractivity (Wildman–Crippen MR) is 69.8 cm³/mol. The molecule has 0 saturated heterocycles. The maximum Gasteiger partial charge on any atom is 0.340 e. The number of H-pyrrole nitrogens is 2. The van der Waals surface area contributed by atoms with Crippen molar-refractivity contribution >= 4 is 6.03 Å². The van der Waals surface area contributed by atoms with Gasteiger partial charge in [0.15, 0.2) is 0 Å². The Balaban J connectivity index is 1.81. The van der Waals surface area contributed by atoms with Gasteiger partial charge in [-0.25, -0.2) is 24.7 Å². The molecule has 0 fully saturated rings. The number of hydrogen-bond acceptors (Lipinski definition) is 5. The number of urea groups is 1. The zero-order chi connectivity index (χ0) is 14.5. The van der Waals surface area contributed by atoms with E-state index in [1.807, 2.05) is 19.9 Å². The summed E-state index contributed by atoms with van der Waals surface area (Å²) in [6.45, 7) is 4.09. The van der Waals surface area contributed by atoms with E-state index in [1.54, 1.807) is 0 Å². The van der Waals surface area contributed by atoms with Gasteiger partial charge in [0.2, 0.25) is 0 Å². The van der Waals surface area contributed by atoms with Crippen LogP contribution in [0.25, 0.3) is 0 Å². The van der Waals surface area contributed by atoms with E-state index in [0.717, 1.165) is 11.4 Å². The van der Waals surface area contributed by atoms with Crippen LogP contribution in [-0.4, -0.2) is 31.2 Å². The molecule has 2 amide bonds. The molecule has 0 aliphatic carbocycles. The highest BCUT2D eigenvalue weighted by atomic mass is 16.2. The third-order valence-corrected chi connectivity index (χ3v) is 2.40. The molecule has 0 spiro atoms. The van der Waals surface area contributed by atoms with Crippen LogP contribution in [0.5, 0.6) is 0 Å². The lowest BCUT2D eigenvalue weighted by Gasteiger charge is -2.06. The Morgan fingerprint density at radius 3 is 2.45 bits per heavy atom. The van der Waals surface area contributed by atoms with Crippen molar-refractivity contribution < 1.29 is 4.79 Å². The van der Waals surface area contributed by atoms with Crippen molar-refractivity contribution in [3.05, 3.63) is 39.6 Å². The lowest BCUT2D eigenvalue weighted by Crippen LogP contribution is -2.35. The lowest BCUT2D eigenvalue weighted by atomic mass is 10.3. The van der Waals surface area contributed by atoms with Gasteiger partial charge >= 0.3 is 11.7 Å². The highest BCUT2D eigenvalue weighted by Gasteiger charge is 2.05. The molecular weight excluding hydrogens is 262 g/mol. The largest absolute Gasteiger partial charge is 0.340 e. The molecule has 9 nitrogen and oxygen atoms in total. The van der Waals surface area contributed by atoms with Crippen LogP contribution >= 0.6 is 0 Å². The van der Waals surface area contributed by atoms with E-state index in [9.17, 15) is 9.59 Å². The predicted octanol–water partition coefficient (Wildman–Crippen LogP) is -0.496. The summed E-state index contributed by atoms with van der Waals surface area (Å²) in [4.78, 5) is 33.2. The van der Waals surface area contributed by atoms with Gasteiger partial charge in [0, 0.05) is 11.4 Å². The number of aryl methyl sites for hydroxylation is 2. The zero-order valence-corrected chi connectivity index (χ0v) is 11.1. The maximum atomic E-state index is 11.6. The molecule has 4 N–H and O–H groups in total. The van der Waals surface area contributed by atoms with Crippen molar-refractivity contribution in [1.29, 1.82) is 0 Å². The Bertz CT molecular complexity index is 641. The number of aromatic amines is 2. The van der Waals surface area contributed by atoms with Gasteiger partial charge in [-0.15, -0.1) is 0 Å². The molecule has 0 aliphatic rings. The first kappa shape index (κ1) is 13.7. The van der Waals surface area contributed by atoms with Gasteiger partial charge in [-0.05, 0) is 19.9 Å². The number of amides is 2. The molecule has 106 valence electrons. The highest BCUT2D eigenvalue weighted by Crippen LogP contribution is 1.98. The second kappa shape index (κ2) is 5.95. The van der Waals surface area contributed by atoms with Crippen molar-refractivity contribution in [3.63, 3.8) is 0 Å². The number of aromatic nitrogens is 5.